The van der Waals surface area contributed by atoms with E-state index in [0.717, 1.165) is 38.5 Å². The van der Waals surface area contributed by atoms with Crippen molar-refractivity contribution in [2.24, 2.45) is 0 Å². The molecule has 0 aromatic heterocycles. The SMILES string of the molecule is CCCCCCCCCCCCCCCCCC/C=C/CC/C=C/CCCC(O)C(O)C(COC1OC(CO)C(O)C(O)C1O)NC(=O)C(O)CCCCCCCCCCCCCCCCCCCCCCCCCCCCCCCCCCCCCCCC. The molecule has 1 aliphatic heterocycles. The van der Waals surface area contributed by atoms with Crippen molar-refractivity contribution < 1.29 is 50.0 Å². The number of carbonyl (C=O) groups excluding carboxylic acids is 1. The predicted octanol–water partition coefficient (Wildman–Crippen LogP) is 20.3. The van der Waals surface area contributed by atoms with Gasteiger partial charge in [0.05, 0.1) is 25.4 Å². The summed E-state index contributed by atoms with van der Waals surface area (Å²) >= 11 is 0. The number of aliphatic hydroxyl groups is 7. The average Bonchev–Trinajstić information content (AvgIpc) is 1.28. The van der Waals surface area contributed by atoms with Crippen LogP contribution in [0.1, 0.15) is 406 Å². The van der Waals surface area contributed by atoms with E-state index in [4.69, 9.17) is 9.47 Å². The number of allylic oxidation sites excluding steroid dienone is 4. The molecule has 0 radical (unpaired) electrons. The fourth-order valence-electron chi connectivity index (χ4n) is 13.2. The molecule has 90 heavy (non-hydrogen) atoms. The summed E-state index contributed by atoms with van der Waals surface area (Å²) < 4.78 is 11.2. The number of amides is 1. The molecule has 0 aromatic carbocycles. The van der Waals surface area contributed by atoms with Crippen molar-refractivity contribution in [3.8, 4) is 0 Å². The fraction of sp³-hybridized carbons (Fsp3) is 0.937. The van der Waals surface area contributed by atoms with Crippen LogP contribution in [0.25, 0.3) is 0 Å². The summed E-state index contributed by atoms with van der Waals surface area (Å²) in [4.78, 5) is 13.3. The lowest BCUT2D eigenvalue weighted by Crippen LogP contribution is -2.60. The molecule has 11 heteroatoms. The molecule has 1 amide bonds. The monoisotopic (exact) mass is 1280 g/mol. The highest BCUT2D eigenvalue weighted by Gasteiger charge is 2.44. The van der Waals surface area contributed by atoms with Crippen molar-refractivity contribution in [1.29, 1.82) is 0 Å². The van der Waals surface area contributed by atoms with Crippen LogP contribution in [0.15, 0.2) is 24.3 Å². The lowest BCUT2D eigenvalue weighted by Gasteiger charge is -2.40. The second-order valence-corrected chi connectivity index (χ2v) is 28.1. The van der Waals surface area contributed by atoms with Gasteiger partial charge in [-0.25, -0.2) is 0 Å². The first-order valence-corrected chi connectivity index (χ1v) is 39.7. The number of unbranched alkanes of at least 4 members (excludes halogenated alkanes) is 55. The van der Waals surface area contributed by atoms with E-state index in [0.29, 0.717) is 19.3 Å². The fourth-order valence-corrected chi connectivity index (χ4v) is 13.2. The van der Waals surface area contributed by atoms with E-state index in [-0.39, 0.29) is 12.8 Å². The van der Waals surface area contributed by atoms with E-state index >= 15 is 0 Å². The minimum atomic E-state index is -1.67. The smallest absolute Gasteiger partial charge is 0.249 e. The molecule has 0 aliphatic carbocycles. The van der Waals surface area contributed by atoms with Gasteiger partial charge in [-0.2, -0.15) is 0 Å². The van der Waals surface area contributed by atoms with Gasteiger partial charge in [-0.05, 0) is 51.4 Å². The van der Waals surface area contributed by atoms with Gasteiger partial charge in [-0.1, -0.05) is 378 Å². The molecule has 0 saturated carbocycles. The zero-order chi connectivity index (χ0) is 65.3. The van der Waals surface area contributed by atoms with Gasteiger partial charge >= 0.3 is 0 Å². The summed E-state index contributed by atoms with van der Waals surface area (Å²) in [5.41, 5.74) is 0. The zero-order valence-electron chi connectivity index (χ0n) is 59.4. The van der Waals surface area contributed by atoms with Gasteiger partial charge in [0, 0.05) is 0 Å². The Morgan fingerprint density at radius 1 is 0.378 bits per heavy atom. The lowest BCUT2D eigenvalue weighted by atomic mass is 9.98. The third kappa shape index (κ3) is 53.8. The summed E-state index contributed by atoms with van der Waals surface area (Å²) in [6, 6.07) is -1.19. The summed E-state index contributed by atoms with van der Waals surface area (Å²) in [6.45, 7) is 3.51. The average molecular weight is 1280 g/mol. The Labute approximate surface area is 556 Å². The van der Waals surface area contributed by atoms with E-state index in [1.165, 1.54) is 321 Å². The molecule has 0 aromatic rings. The number of hydrogen-bond acceptors (Lipinski definition) is 10. The first-order valence-electron chi connectivity index (χ1n) is 39.7. The van der Waals surface area contributed by atoms with Gasteiger partial charge in [0.25, 0.3) is 0 Å². The first-order chi connectivity index (χ1) is 44.2. The number of ether oxygens (including phenoxy) is 2. The van der Waals surface area contributed by atoms with Crippen LogP contribution in [0, 0.1) is 0 Å². The van der Waals surface area contributed by atoms with Crippen molar-refractivity contribution in [2.45, 2.75) is 461 Å². The first kappa shape index (κ1) is 86.6. The van der Waals surface area contributed by atoms with Crippen LogP contribution in [0.3, 0.4) is 0 Å². The summed E-state index contributed by atoms with van der Waals surface area (Å²) in [6.07, 6.45) is 76.0. The van der Waals surface area contributed by atoms with Gasteiger partial charge in [0.1, 0.15) is 36.6 Å². The molecule has 8 N–H and O–H groups in total. The molecule has 11 nitrogen and oxygen atoms in total. The second kappa shape index (κ2) is 67.6. The van der Waals surface area contributed by atoms with E-state index < -0.39 is 74.2 Å². The van der Waals surface area contributed by atoms with E-state index in [1.54, 1.807) is 0 Å². The molecule has 0 bridgehead atoms. The highest BCUT2D eigenvalue weighted by Crippen LogP contribution is 2.24. The molecule has 1 fully saturated rings. The quantitative estimate of drug-likeness (QED) is 0.0215. The third-order valence-electron chi connectivity index (χ3n) is 19.5. The molecular formula is C79H153NO10. The van der Waals surface area contributed by atoms with Crippen LogP contribution in [0.5, 0.6) is 0 Å². The number of hydrogen-bond donors (Lipinski definition) is 8. The minimum Gasteiger partial charge on any atom is -0.394 e. The number of carbonyl (C=O) groups is 1. The molecule has 1 heterocycles. The van der Waals surface area contributed by atoms with Gasteiger partial charge in [0.15, 0.2) is 6.29 Å². The van der Waals surface area contributed by atoms with Crippen LogP contribution >= 0.6 is 0 Å². The molecular weight excluding hydrogens is 1120 g/mol. The normalized spacial score (nSPS) is 18.5. The van der Waals surface area contributed by atoms with Crippen molar-refractivity contribution in [2.75, 3.05) is 13.2 Å². The zero-order valence-corrected chi connectivity index (χ0v) is 59.4. The van der Waals surface area contributed by atoms with Crippen molar-refractivity contribution in [3.63, 3.8) is 0 Å². The standard InChI is InChI=1S/C79H153NO10/c1-3-5-7-9-11-13-15-17-19-21-23-25-27-29-30-31-32-33-34-35-36-37-38-39-40-41-43-45-47-49-51-53-55-57-59-61-63-65-67-72(83)78(88)80-70(69-89-79-77(87)76(86)75(85)73(68-81)90-79)74(84)71(82)66-64-62-60-58-56-54-52-50-48-46-44-42-28-26-24-22-20-18-16-14-12-10-8-6-4-2/h50,52,58,60,70-77,79,81-87H,3-49,51,53-57,59,61-69H2,1-2H3,(H,80,88)/b52-50+,60-58+. The minimum absolute atomic E-state index is 0.249. The molecule has 9 unspecified atom stereocenters. The van der Waals surface area contributed by atoms with Crippen LogP contribution in [-0.4, -0.2) is 110 Å². The van der Waals surface area contributed by atoms with Gasteiger partial charge < -0.3 is 50.5 Å². The lowest BCUT2D eigenvalue weighted by molar-refractivity contribution is -0.303. The Balaban J connectivity index is 2.12. The molecule has 9 atom stereocenters. The molecule has 1 aliphatic rings. The van der Waals surface area contributed by atoms with E-state index in [2.05, 4.69) is 43.5 Å². The maximum absolute atomic E-state index is 13.3. The molecule has 1 saturated heterocycles. The largest absolute Gasteiger partial charge is 0.394 e. The Kier molecular flexibility index (Phi) is 65.0. The van der Waals surface area contributed by atoms with Crippen LogP contribution in [-0.2, 0) is 14.3 Å². The van der Waals surface area contributed by atoms with Gasteiger partial charge in [-0.3, -0.25) is 4.79 Å². The highest BCUT2D eigenvalue weighted by atomic mass is 16.7. The molecule has 1 rings (SSSR count). The number of rotatable bonds is 71. The maximum Gasteiger partial charge on any atom is 0.249 e. The maximum atomic E-state index is 13.3. The van der Waals surface area contributed by atoms with Crippen molar-refractivity contribution in [3.05, 3.63) is 24.3 Å². The Bertz CT molecular complexity index is 1510. The summed E-state index contributed by atoms with van der Waals surface area (Å²) in [7, 11) is 0. The molecule has 0 spiro atoms. The van der Waals surface area contributed by atoms with Crippen LogP contribution in [0.2, 0.25) is 0 Å². The Hall–Kier alpha value is -1.41. The van der Waals surface area contributed by atoms with Crippen molar-refractivity contribution in [1.82, 2.24) is 5.32 Å². The van der Waals surface area contributed by atoms with E-state index in [9.17, 15) is 40.5 Å². The Morgan fingerprint density at radius 2 is 0.667 bits per heavy atom. The van der Waals surface area contributed by atoms with Crippen molar-refractivity contribution >= 4 is 5.91 Å². The topological polar surface area (TPSA) is 189 Å². The van der Waals surface area contributed by atoms with Gasteiger partial charge in [0.2, 0.25) is 5.91 Å². The second-order valence-electron chi connectivity index (χ2n) is 28.1. The number of aliphatic hydroxyl groups excluding tert-OH is 7. The highest BCUT2D eigenvalue weighted by molar-refractivity contribution is 5.80. The molecule has 534 valence electrons. The summed E-state index contributed by atoms with van der Waals surface area (Å²) in [5.74, 6) is -0.702. The van der Waals surface area contributed by atoms with Crippen LogP contribution in [0.4, 0.5) is 0 Å². The number of nitrogens with one attached hydrogen (secondary N) is 1. The Morgan fingerprint density at radius 3 is 0.989 bits per heavy atom. The third-order valence-corrected chi connectivity index (χ3v) is 19.5. The van der Waals surface area contributed by atoms with Gasteiger partial charge in [-0.15, -0.1) is 0 Å². The van der Waals surface area contributed by atoms with Crippen LogP contribution < -0.4 is 5.32 Å². The predicted molar refractivity (Wildman–Crippen MR) is 381 cm³/mol. The van der Waals surface area contributed by atoms with E-state index in [1.807, 2.05) is 0 Å². The summed E-state index contributed by atoms with van der Waals surface area (Å²) in [5, 5.41) is 76.6.